The summed E-state index contributed by atoms with van der Waals surface area (Å²) < 4.78 is 20.3. The second-order valence-electron chi connectivity index (χ2n) is 10.3. The molecule has 0 radical (unpaired) electrons. The number of carbonyl (C=O) groups is 1. The Morgan fingerprint density at radius 2 is 1.97 bits per heavy atom. The number of guanidine groups is 1. The van der Waals surface area contributed by atoms with Crippen LogP contribution < -0.4 is 16.8 Å². The van der Waals surface area contributed by atoms with Crippen LogP contribution in [0.2, 0.25) is 0 Å². The van der Waals surface area contributed by atoms with Crippen LogP contribution in [0.1, 0.15) is 37.9 Å². The zero-order valence-corrected chi connectivity index (χ0v) is 21.8. The average Bonchev–Trinajstić information content (AvgIpc) is 3.62. The molecule has 1 aromatic carbocycles. The molecule has 0 unspecified atom stereocenters. The highest BCUT2D eigenvalue weighted by Gasteiger charge is 2.55. The predicted molar refractivity (Wildman–Crippen MR) is 141 cm³/mol. The van der Waals surface area contributed by atoms with Gasteiger partial charge in [0.1, 0.15) is 18.3 Å². The summed E-state index contributed by atoms with van der Waals surface area (Å²) in [5.41, 5.74) is 13.9. The zero-order valence-electron chi connectivity index (χ0n) is 21.8. The van der Waals surface area contributed by atoms with Gasteiger partial charge in [0.15, 0.2) is 11.7 Å². The number of carbonyl (C=O) groups excluding carboxylic acids is 1. The minimum Gasteiger partial charge on any atom is -0.370 e. The van der Waals surface area contributed by atoms with Crippen LogP contribution in [0.5, 0.6) is 0 Å². The van der Waals surface area contributed by atoms with Gasteiger partial charge in [0.05, 0.1) is 24.8 Å². The van der Waals surface area contributed by atoms with E-state index in [1.54, 1.807) is 4.68 Å². The lowest BCUT2D eigenvalue weighted by Crippen LogP contribution is -2.35. The Labute approximate surface area is 221 Å². The molecular formula is C26H36N8O4. The van der Waals surface area contributed by atoms with Crippen LogP contribution in [0.3, 0.4) is 0 Å². The molecule has 0 bridgehead atoms. The normalized spacial score (nSPS) is 23.9. The van der Waals surface area contributed by atoms with Crippen molar-refractivity contribution in [1.29, 1.82) is 0 Å². The van der Waals surface area contributed by atoms with Crippen molar-refractivity contribution in [2.75, 3.05) is 13.1 Å². The van der Waals surface area contributed by atoms with E-state index in [4.69, 9.17) is 25.7 Å². The largest absolute Gasteiger partial charge is 0.370 e. The number of nitrogens with one attached hydrogen (secondary N) is 2. The Morgan fingerprint density at radius 3 is 2.79 bits per heavy atom. The summed E-state index contributed by atoms with van der Waals surface area (Å²) in [5, 5.41) is 12.7. The van der Waals surface area contributed by atoms with Gasteiger partial charge in [-0.25, -0.2) is 4.68 Å². The monoisotopic (exact) mass is 524 g/mol. The highest BCUT2D eigenvalue weighted by molar-refractivity contribution is 5.83. The van der Waals surface area contributed by atoms with Crippen molar-refractivity contribution in [1.82, 2.24) is 25.3 Å². The fourth-order valence-corrected chi connectivity index (χ4v) is 5.21. The third-order valence-corrected chi connectivity index (χ3v) is 6.86. The van der Waals surface area contributed by atoms with Crippen LogP contribution in [0, 0.1) is 0 Å². The van der Waals surface area contributed by atoms with Gasteiger partial charge in [-0.2, -0.15) is 0 Å². The van der Waals surface area contributed by atoms with E-state index in [2.05, 4.69) is 31.7 Å². The van der Waals surface area contributed by atoms with E-state index in [1.807, 2.05) is 44.4 Å². The first kappa shape index (κ1) is 26.1. The minimum atomic E-state index is -0.750. The van der Waals surface area contributed by atoms with Crippen LogP contribution in [0.4, 0.5) is 0 Å². The fraction of sp³-hybridized carbons (Fsp3) is 0.538. The number of hydrogen-bond donors (Lipinski definition) is 4. The Balaban J connectivity index is 1.14. The molecule has 1 amide bonds. The van der Waals surface area contributed by atoms with E-state index >= 15 is 0 Å². The molecule has 0 aliphatic carbocycles. The molecule has 2 aliphatic heterocycles. The zero-order chi connectivity index (χ0) is 26.7. The number of aromatic nitrogens is 4. The van der Waals surface area contributed by atoms with E-state index in [9.17, 15) is 4.79 Å². The lowest BCUT2D eigenvalue weighted by atomic mass is 10.1. The maximum Gasteiger partial charge on any atom is 0.222 e. The van der Waals surface area contributed by atoms with Gasteiger partial charge in [-0.15, -0.1) is 5.10 Å². The number of H-pyrrole nitrogens is 1. The Bertz CT molecular complexity index is 1280. The number of fused-ring (bicyclic) bond motifs is 2. The maximum atomic E-state index is 12.8. The highest BCUT2D eigenvalue weighted by atomic mass is 16.8. The standard InChI is InChI=1S/C26H36N8O4/c1-26(2)37-23-20(12-22(35)29-11-9-16-13-31-19-8-4-3-7-18(16)19)36-21(24(23)38-26)15-34-14-17(32-33-34)6-5-10-30-25(27)28/h3-4,7-8,13-14,20-21,23-24,31H,5-6,9-12,15H2,1-2H3,(H,29,35)(H4,27,28,30)/t20-,21+,23+,24-/m1/s1. The van der Waals surface area contributed by atoms with Crippen LogP contribution in [0.25, 0.3) is 10.9 Å². The third-order valence-electron chi connectivity index (χ3n) is 6.86. The van der Waals surface area contributed by atoms with Crippen LogP contribution in [-0.4, -0.2) is 75.1 Å². The number of aromatic amines is 1. The quantitative estimate of drug-likeness (QED) is 0.164. The molecule has 12 heteroatoms. The fourth-order valence-electron chi connectivity index (χ4n) is 5.21. The molecule has 2 fully saturated rings. The smallest absolute Gasteiger partial charge is 0.222 e. The van der Waals surface area contributed by atoms with E-state index in [-0.39, 0.29) is 36.6 Å². The first-order valence-corrected chi connectivity index (χ1v) is 13.0. The third kappa shape index (κ3) is 6.14. The number of rotatable bonds is 11. The first-order valence-electron chi connectivity index (χ1n) is 13.0. The number of ether oxygens (including phenoxy) is 3. The lowest BCUT2D eigenvalue weighted by molar-refractivity contribution is -0.189. The molecule has 2 aliphatic rings. The van der Waals surface area contributed by atoms with Crippen molar-refractivity contribution >= 4 is 22.8 Å². The Hall–Kier alpha value is -3.48. The molecule has 204 valence electrons. The van der Waals surface area contributed by atoms with Crippen molar-refractivity contribution in [3.63, 3.8) is 0 Å². The molecule has 38 heavy (non-hydrogen) atoms. The van der Waals surface area contributed by atoms with Crippen molar-refractivity contribution in [3.8, 4) is 0 Å². The van der Waals surface area contributed by atoms with Gasteiger partial charge >= 0.3 is 0 Å². The second kappa shape index (κ2) is 11.1. The van der Waals surface area contributed by atoms with E-state index < -0.39 is 11.9 Å². The molecule has 4 heterocycles. The molecular weight excluding hydrogens is 488 g/mol. The topological polar surface area (TPSA) is 168 Å². The molecule has 3 aromatic rings. The first-order chi connectivity index (χ1) is 18.3. The number of para-hydroxylation sites is 1. The molecule has 2 saturated heterocycles. The lowest BCUT2D eigenvalue weighted by Gasteiger charge is -2.24. The van der Waals surface area contributed by atoms with Crippen LogP contribution in [0.15, 0.2) is 41.7 Å². The van der Waals surface area contributed by atoms with Crippen LogP contribution in [-0.2, 0) is 38.4 Å². The minimum absolute atomic E-state index is 0.0774. The second-order valence-corrected chi connectivity index (χ2v) is 10.3. The number of hydrogen-bond acceptors (Lipinski definition) is 7. The van der Waals surface area contributed by atoms with Crippen molar-refractivity contribution in [2.24, 2.45) is 16.5 Å². The molecule has 4 atom stereocenters. The molecule has 0 spiro atoms. The number of nitrogens with two attached hydrogens (primary N) is 2. The Kier molecular flexibility index (Phi) is 7.63. The number of benzene rings is 1. The molecule has 5 rings (SSSR count). The molecule has 0 saturated carbocycles. The van der Waals surface area contributed by atoms with Gasteiger partial charge in [-0.05, 0) is 44.7 Å². The molecule has 2 aromatic heterocycles. The summed E-state index contributed by atoms with van der Waals surface area (Å²) in [5.74, 6) is -0.743. The van der Waals surface area contributed by atoms with Gasteiger partial charge < -0.3 is 36.0 Å². The molecule has 6 N–H and O–H groups in total. The summed E-state index contributed by atoms with van der Waals surface area (Å²) >= 11 is 0. The Morgan fingerprint density at radius 1 is 1.18 bits per heavy atom. The number of aryl methyl sites for hydroxylation is 1. The maximum absolute atomic E-state index is 12.8. The predicted octanol–water partition coefficient (Wildman–Crippen LogP) is 1.00. The van der Waals surface area contributed by atoms with Gasteiger partial charge in [0.25, 0.3) is 0 Å². The SMILES string of the molecule is CC1(C)O[C@@H]2[C@H](O1)[C@H](Cn1cc(CCCN=C(N)N)nn1)O[C@@H]2CC(=O)NCCc1c[nH]c2ccccc12. The highest BCUT2D eigenvalue weighted by Crippen LogP contribution is 2.40. The van der Waals surface area contributed by atoms with Crippen LogP contribution >= 0.6 is 0 Å². The van der Waals surface area contributed by atoms with Gasteiger partial charge in [0.2, 0.25) is 5.91 Å². The summed E-state index contributed by atoms with van der Waals surface area (Å²) in [6.07, 6.45) is 4.93. The van der Waals surface area contributed by atoms with E-state index in [1.165, 1.54) is 10.9 Å². The van der Waals surface area contributed by atoms with E-state index in [0.29, 0.717) is 26.1 Å². The number of aliphatic imine (C=N–C) groups is 1. The van der Waals surface area contributed by atoms with Crippen molar-refractivity contribution in [2.45, 2.75) is 76.3 Å². The summed E-state index contributed by atoms with van der Waals surface area (Å²) in [6, 6.07) is 8.15. The van der Waals surface area contributed by atoms with Gasteiger partial charge in [-0.3, -0.25) is 9.79 Å². The summed E-state index contributed by atoms with van der Waals surface area (Å²) in [7, 11) is 0. The van der Waals surface area contributed by atoms with Gasteiger partial charge in [0, 0.05) is 36.4 Å². The van der Waals surface area contributed by atoms with E-state index in [0.717, 1.165) is 24.1 Å². The average molecular weight is 525 g/mol. The van der Waals surface area contributed by atoms with Crippen molar-refractivity contribution in [3.05, 3.63) is 47.9 Å². The van der Waals surface area contributed by atoms with Crippen molar-refractivity contribution < 1.29 is 19.0 Å². The molecule has 12 nitrogen and oxygen atoms in total. The number of nitrogens with zero attached hydrogens (tertiary/aromatic N) is 4. The number of amides is 1. The summed E-state index contributed by atoms with van der Waals surface area (Å²) in [4.78, 5) is 20.1. The summed E-state index contributed by atoms with van der Waals surface area (Å²) in [6.45, 7) is 5.28. The van der Waals surface area contributed by atoms with Gasteiger partial charge in [-0.1, -0.05) is 23.4 Å².